The quantitative estimate of drug-likeness (QED) is 0.382. The molecule has 1 aliphatic heterocycles. The van der Waals surface area contributed by atoms with Crippen molar-refractivity contribution in [2.24, 2.45) is 11.3 Å². The summed E-state index contributed by atoms with van der Waals surface area (Å²) >= 11 is 0. The fourth-order valence-electron chi connectivity index (χ4n) is 4.70. The summed E-state index contributed by atoms with van der Waals surface area (Å²) < 4.78 is 4.98. The zero-order valence-corrected chi connectivity index (χ0v) is 20.7. The van der Waals surface area contributed by atoms with Crippen LogP contribution in [0.25, 0.3) is 0 Å². The van der Waals surface area contributed by atoms with Gasteiger partial charge in [-0.1, -0.05) is 27.2 Å². The van der Waals surface area contributed by atoms with E-state index in [0.29, 0.717) is 30.1 Å². The second kappa shape index (κ2) is 10.5. The molecule has 3 N–H and O–H groups in total. The highest BCUT2D eigenvalue weighted by Crippen LogP contribution is 2.45. The van der Waals surface area contributed by atoms with Gasteiger partial charge in [0, 0.05) is 18.3 Å². The highest BCUT2D eigenvalue weighted by atomic mass is 16.5. The third-order valence-electron chi connectivity index (χ3n) is 7.24. The van der Waals surface area contributed by atoms with Gasteiger partial charge in [0.05, 0.1) is 0 Å². The summed E-state index contributed by atoms with van der Waals surface area (Å²) in [7, 11) is 0. The smallest absolute Gasteiger partial charge is 0.326 e. The van der Waals surface area contributed by atoms with Gasteiger partial charge in [-0.2, -0.15) is 0 Å². The Morgan fingerprint density at radius 3 is 2.20 bits per heavy atom. The number of nitrogens with zero attached hydrogens (tertiary/aromatic N) is 1. The highest BCUT2D eigenvalue weighted by molar-refractivity contribution is 6.08. The number of carbonyl (C=O) groups is 5. The van der Waals surface area contributed by atoms with E-state index in [1.54, 1.807) is 24.3 Å². The molecular formula is C25H34N4O6. The van der Waals surface area contributed by atoms with Crippen LogP contribution in [0.4, 0.5) is 16.2 Å². The van der Waals surface area contributed by atoms with Crippen LogP contribution in [-0.4, -0.2) is 53.3 Å². The van der Waals surface area contributed by atoms with Gasteiger partial charge in [-0.3, -0.25) is 24.1 Å². The van der Waals surface area contributed by atoms with Crippen LogP contribution in [0.2, 0.25) is 0 Å². The van der Waals surface area contributed by atoms with Gasteiger partial charge in [0.1, 0.15) is 12.1 Å². The summed E-state index contributed by atoms with van der Waals surface area (Å²) in [4.78, 5) is 61.9. The Hall–Kier alpha value is -3.43. The molecule has 1 aromatic carbocycles. The number of benzene rings is 1. The molecule has 1 aliphatic carbocycles. The number of anilines is 2. The van der Waals surface area contributed by atoms with Crippen molar-refractivity contribution in [1.82, 2.24) is 10.2 Å². The van der Waals surface area contributed by atoms with Gasteiger partial charge in [-0.05, 0) is 61.3 Å². The summed E-state index contributed by atoms with van der Waals surface area (Å²) in [6.45, 7) is 6.89. The molecule has 3 rings (SSSR count). The normalized spacial score (nSPS) is 22.1. The third kappa shape index (κ3) is 6.17. The highest BCUT2D eigenvalue weighted by Gasteiger charge is 2.53. The number of imide groups is 1. The van der Waals surface area contributed by atoms with Crippen LogP contribution in [0.3, 0.4) is 0 Å². The Bertz CT molecular complexity index is 996. The molecule has 10 nitrogen and oxygen atoms in total. The first kappa shape index (κ1) is 26.2. The van der Waals surface area contributed by atoms with Crippen molar-refractivity contribution in [3.8, 4) is 0 Å². The van der Waals surface area contributed by atoms with Crippen LogP contribution in [-0.2, 0) is 23.9 Å². The fourth-order valence-corrected chi connectivity index (χ4v) is 4.70. The number of urea groups is 1. The van der Waals surface area contributed by atoms with Gasteiger partial charge >= 0.3 is 12.0 Å². The SMILES string of the molecule is CCC(C)(C)C1CCC2(CC1)NC(=O)N(CC(=O)OCC(=O)Nc1ccc(NC(C)=O)cc1)C2=O. The van der Waals surface area contributed by atoms with Crippen molar-refractivity contribution in [1.29, 1.82) is 0 Å². The minimum Gasteiger partial charge on any atom is -0.454 e. The summed E-state index contributed by atoms with van der Waals surface area (Å²) in [5.74, 6) is -1.56. The van der Waals surface area contributed by atoms with Crippen molar-refractivity contribution in [3.05, 3.63) is 24.3 Å². The van der Waals surface area contributed by atoms with E-state index in [0.717, 1.165) is 24.2 Å². The fraction of sp³-hybridized carbons (Fsp3) is 0.560. The molecule has 0 aromatic heterocycles. The van der Waals surface area contributed by atoms with Crippen LogP contribution in [0.15, 0.2) is 24.3 Å². The van der Waals surface area contributed by atoms with Crippen LogP contribution < -0.4 is 16.0 Å². The van der Waals surface area contributed by atoms with Gasteiger partial charge in [-0.25, -0.2) is 4.79 Å². The molecule has 1 saturated carbocycles. The maximum Gasteiger partial charge on any atom is 0.326 e. The summed E-state index contributed by atoms with van der Waals surface area (Å²) in [5.41, 5.74) is 0.248. The zero-order valence-electron chi connectivity index (χ0n) is 20.7. The largest absolute Gasteiger partial charge is 0.454 e. The standard InChI is InChI=1S/C25H34N4O6/c1-5-24(3,4)17-10-12-25(13-11-17)22(33)29(23(34)28-25)14-21(32)35-15-20(31)27-19-8-6-18(7-9-19)26-16(2)30/h6-9,17H,5,10-15H2,1-4H3,(H,26,30)(H,27,31)(H,28,34). The minimum absolute atomic E-state index is 0.171. The van der Waals surface area contributed by atoms with E-state index >= 15 is 0 Å². The Morgan fingerprint density at radius 2 is 1.66 bits per heavy atom. The van der Waals surface area contributed by atoms with Crippen molar-refractivity contribution < 1.29 is 28.7 Å². The van der Waals surface area contributed by atoms with Gasteiger partial charge in [0.25, 0.3) is 11.8 Å². The summed E-state index contributed by atoms with van der Waals surface area (Å²) in [6, 6.07) is 5.81. The molecule has 1 heterocycles. The van der Waals surface area contributed by atoms with E-state index in [-0.39, 0.29) is 11.3 Å². The molecule has 1 saturated heterocycles. The Morgan fingerprint density at radius 1 is 1.09 bits per heavy atom. The molecular weight excluding hydrogens is 452 g/mol. The third-order valence-corrected chi connectivity index (χ3v) is 7.24. The van der Waals surface area contributed by atoms with E-state index in [9.17, 15) is 24.0 Å². The van der Waals surface area contributed by atoms with Gasteiger partial charge in [0.2, 0.25) is 5.91 Å². The lowest BCUT2D eigenvalue weighted by Gasteiger charge is -2.42. The molecule has 0 radical (unpaired) electrons. The number of amides is 5. The molecule has 1 aromatic rings. The Kier molecular flexibility index (Phi) is 7.82. The van der Waals surface area contributed by atoms with E-state index in [4.69, 9.17) is 4.74 Å². The molecule has 190 valence electrons. The number of hydrogen-bond acceptors (Lipinski definition) is 6. The van der Waals surface area contributed by atoms with E-state index in [2.05, 4.69) is 36.7 Å². The monoisotopic (exact) mass is 486 g/mol. The molecule has 0 bridgehead atoms. The van der Waals surface area contributed by atoms with Crippen LogP contribution in [0.1, 0.15) is 59.8 Å². The predicted molar refractivity (Wildman–Crippen MR) is 129 cm³/mol. The molecule has 0 atom stereocenters. The molecule has 2 aliphatic rings. The number of hydrogen-bond donors (Lipinski definition) is 3. The lowest BCUT2D eigenvalue weighted by Crippen LogP contribution is -2.51. The number of nitrogens with one attached hydrogen (secondary N) is 3. The summed E-state index contributed by atoms with van der Waals surface area (Å²) in [6.07, 6.45) is 3.79. The first-order chi connectivity index (χ1) is 16.5. The molecule has 10 heteroatoms. The average molecular weight is 487 g/mol. The van der Waals surface area contributed by atoms with Gasteiger partial charge in [-0.15, -0.1) is 0 Å². The van der Waals surface area contributed by atoms with Crippen LogP contribution >= 0.6 is 0 Å². The summed E-state index contributed by atoms with van der Waals surface area (Å²) in [5, 5.41) is 7.98. The number of esters is 1. The van der Waals surface area contributed by atoms with Crippen molar-refractivity contribution in [2.45, 2.75) is 65.3 Å². The molecule has 5 amide bonds. The maximum absolute atomic E-state index is 13.1. The topological polar surface area (TPSA) is 134 Å². The molecule has 35 heavy (non-hydrogen) atoms. The second-order valence-electron chi connectivity index (χ2n) is 9.99. The van der Waals surface area contributed by atoms with Crippen LogP contribution in [0, 0.1) is 11.3 Å². The average Bonchev–Trinajstić information content (AvgIpc) is 3.03. The molecule has 1 spiro atoms. The maximum atomic E-state index is 13.1. The number of ether oxygens (including phenoxy) is 1. The number of carbonyl (C=O) groups excluding carboxylic acids is 5. The molecule has 2 fully saturated rings. The predicted octanol–water partition coefficient (Wildman–Crippen LogP) is 3.04. The second-order valence-corrected chi connectivity index (χ2v) is 9.99. The van der Waals surface area contributed by atoms with E-state index in [1.807, 2.05) is 0 Å². The van der Waals surface area contributed by atoms with E-state index < -0.39 is 42.5 Å². The van der Waals surface area contributed by atoms with Crippen molar-refractivity contribution >= 4 is 41.1 Å². The van der Waals surface area contributed by atoms with E-state index in [1.165, 1.54) is 6.92 Å². The first-order valence-electron chi connectivity index (χ1n) is 11.9. The van der Waals surface area contributed by atoms with Crippen LogP contribution in [0.5, 0.6) is 0 Å². The van der Waals surface area contributed by atoms with Gasteiger partial charge < -0.3 is 20.7 Å². The minimum atomic E-state index is -0.960. The van der Waals surface area contributed by atoms with Crippen molar-refractivity contribution in [3.63, 3.8) is 0 Å². The number of rotatable bonds is 8. The Labute approximate surface area is 205 Å². The molecule has 0 unspecified atom stereocenters. The van der Waals surface area contributed by atoms with Gasteiger partial charge in [0.15, 0.2) is 6.61 Å². The zero-order chi connectivity index (χ0) is 25.8. The van der Waals surface area contributed by atoms with Crippen molar-refractivity contribution in [2.75, 3.05) is 23.8 Å². The first-order valence-corrected chi connectivity index (χ1v) is 11.9. The lowest BCUT2D eigenvalue weighted by atomic mass is 9.65. The lowest BCUT2D eigenvalue weighted by molar-refractivity contribution is -0.150. The Balaban J connectivity index is 1.47.